The maximum Gasteiger partial charge on any atom is 0.218 e. The SMILES string of the molecule is CCCOc1cc(N(C)C2CCCCC2Cl)ncn1. The predicted octanol–water partition coefficient (Wildman–Crippen LogP) is 3.25. The molecule has 2 atom stereocenters. The summed E-state index contributed by atoms with van der Waals surface area (Å²) in [6.45, 7) is 2.76. The molecule has 0 saturated heterocycles. The minimum absolute atomic E-state index is 0.203. The molecule has 0 aliphatic heterocycles. The Bertz CT molecular complexity index is 402. The molecule has 106 valence electrons. The zero-order valence-electron chi connectivity index (χ0n) is 11.7. The largest absolute Gasteiger partial charge is 0.478 e. The first-order valence-electron chi connectivity index (χ1n) is 7.04. The Morgan fingerprint density at radius 2 is 2.16 bits per heavy atom. The van der Waals surface area contributed by atoms with Crippen molar-refractivity contribution >= 4 is 17.4 Å². The van der Waals surface area contributed by atoms with Crippen LogP contribution in [0, 0.1) is 0 Å². The lowest BCUT2D eigenvalue weighted by molar-refractivity contribution is 0.304. The van der Waals surface area contributed by atoms with E-state index >= 15 is 0 Å². The van der Waals surface area contributed by atoms with Crippen LogP contribution in [0.2, 0.25) is 0 Å². The monoisotopic (exact) mass is 283 g/mol. The van der Waals surface area contributed by atoms with Crippen molar-refractivity contribution in [3.8, 4) is 5.88 Å². The molecule has 0 bridgehead atoms. The van der Waals surface area contributed by atoms with E-state index in [1.807, 2.05) is 6.07 Å². The third-order valence-electron chi connectivity index (χ3n) is 3.59. The van der Waals surface area contributed by atoms with Crippen LogP contribution in [0.25, 0.3) is 0 Å². The molecule has 2 unspecified atom stereocenters. The first-order chi connectivity index (χ1) is 9.22. The normalized spacial score (nSPS) is 23.1. The first kappa shape index (κ1) is 14.4. The van der Waals surface area contributed by atoms with Gasteiger partial charge in [-0.05, 0) is 19.3 Å². The number of alkyl halides is 1. The molecule has 1 heterocycles. The standard InChI is InChI=1S/C14H22ClN3O/c1-3-8-19-14-9-13(16-10-17-14)18(2)12-7-5-4-6-11(12)15/h9-12H,3-8H2,1-2H3. The van der Waals surface area contributed by atoms with Crippen molar-refractivity contribution in [1.82, 2.24) is 9.97 Å². The lowest BCUT2D eigenvalue weighted by Gasteiger charge is -2.35. The van der Waals surface area contributed by atoms with Crippen LogP contribution in [0.1, 0.15) is 39.0 Å². The van der Waals surface area contributed by atoms with Crippen molar-refractivity contribution in [2.45, 2.75) is 50.4 Å². The molecule has 1 aliphatic rings. The Hall–Kier alpha value is -1.03. The highest BCUT2D eigenvalue weighted by Crippen LogP contribution is 2.29. The van der Waals surface area contributed by atoms with Gasteiger partial charge >= 0.3 is 0 Å². The van der Waals surface area contributed by atoms with Crippen LogP contribution in [0.4, 0.5) is 5.82 Å². The van der Waals surface area contributed by atoms with E-state index in [9.17, 15) is 0 Å². The fourth-order valence-electron chi connectivity index (χ4n) is 2.48. The van der Waals surface area contributed by atoms with Crippen LogP contribution in [0.5, 0.6) is 5.88 Å². The number of ether oxygens (including phenoxy) is 1. The van der Waals surface area contributed by atoms with Crippen molar-refractivity contribution in [2.75, 3.05) is 18.6 Å². The summed E-state index contributed by atoms with van der Waals surface area (Å²) in [5.41, 5.74) is 0. The van der Waals surface area contributed by atoms with E-state index < -0.39 is 0 Å². The Morgan fingerprint density at radius 1 is 1.37 bits per heavy atom. The predicted molar refractivity (Wildman–Crippen MR) is 78.1 cm³/mol. The molecule has 0 radical (unpaired) electrons. The van der Waals surface area contributed by atoms with Crippen LogP contribution in [0.15, 0.2) is 12.4 Å². The summed E-state index contributed by atoms with van der Waals surface area (Å²) in [5.74, 6) is 1.53. The van der Waals surface area contributed by atoms with Crippen LogP contribution < -0.4 is 9.64 Å². The van der Waals surface area contributed by atoms with E-state index in [4.69, 9.17) is 16.3 Å². The van der Waals surface area contributed by atoms with Gasteiger partial charge in [0.15, 0.2) is 0 Å². The molecule has 1 fully saturated rings. The number of hydrogen-bond donors (Lipinski definition) is 0. The minimum Gasteiger partial charge on any atom is -0.478 e. The quantitative estimate of drug-likeness (QED) is 0.778. The van der Waals surface area contributed by atoms with Crippen molar-refractivity contribution in [3.05, 3.63) is 12.4 Å². The van der Waals surface area contributed by atoms with E-state index in [-0.39, 0.29) is 5.38 Å². The fraction of sp³-hybridized carbons (Fsp3) is 0.714. The highest BCUT2D eigenvalue weighted by atomic mass is 35.5. The summed E-state index contributed by atoms with van der Waals surface area (Å²) >= 11 is 6.43. The molecule has 4 nitrogen and oxygen atoms in total. The smallest absolute Gasteiger partial charge is 0.218 e. The number of hydrogen-bond acceptors (Lipinski definition) is 4. The highest BCUT2D eigenvalue weighted by Gasteiger charge is 2.27. The van der Waals surface area contributed by atoms with Gasteiger partial charge in [0.25, 0.3) is 0 Å². The molecule has 0 aromatic carbocycles. The molecule has 0 spiro atoms. The van der Waals surface area contributed by atoms with Crippen LogP contribution in [0.3, 0.4) is 0 Å². The van der Waals surface area contributed by atoms with Crippen molar-refractivity contribution in [2.24, 2.45) is 0 Å². The van der Waals surface area contributed by atoms with Gasteiger partial charge in [0.05, 0.1) is 12.0 Å². The molecule has 2 rings (SSSR count). The maximum absolute atomic E-state index is 6.43. The van der Waals surface area contributed by atoms with Gasteiger partial charge in [0, 0.05) is 19.2 Å². The number of anilines is 1. The van der Waals surface area contributed by atoms with Crippen LogP contribution >= 0.6 is 11.6 Å². The summed E-state index contributed by atoms with van der Waals surface area (Å²) in [4.78, 5) is 10.6. The van der Waals surface area contributed by atoms with Crippen molar-refractivity contribution < 1.29 is 4.74 Å². The number of aromatic nitrogens is 2. The molecule has 19 heavy (non-hydrogen) atoms. The van der Waals surface area contributed by atoms with E-state index in [0.717, 1.165) is 25.1 Å². The van der Waals surface area contributed by atoms with Gasteiger partial charge in [0.1, 0.15) is 12.1 Å². The Labute approximate surface area is 120 Å². The second kappa shape index (κ2) is 6.94. The first-order valence-corrected chi connectivity index (χ1v) is 7.47. The third-order valence-corrected chi connectivity index (χ3v) is 4.10. The Kier molecular flexibility index (Phi) is 5.25. The lowest BCUT2D eigenvalue weighted by atomic mass is 9.94. The Balaban J connectivity index is 2.07. The average Bonchev–Trinajstić information content (AvgIpc) is 2.45. The van der Waals surface area contributed by atoms with E-state index in [0.29, 0.717) is 18.5 Å². The summed E-state index contributed by atoms with van der Waals surface area (Å²) < 4.78 is 5.55. The lowest BCUT2D eigenvalue weighted by Crippen LogP contribution is -2.41. The molecule has 5 heteroatoms. The van der Waals surface area contributed by atoms with Crippen LogP contribution in [-0.2, 0) is 0 Å². The van der Waals surface area contributed by atoms with Gasteiger partial charge in [-0.3, -0.25) is 0 Å². The molecule has 0 amide bonds. The fourth-order valence-corrected chi connectivity index (χ4v) is 2.93. The molecular formula is C14H22ClN3O. The molecule has 1 aliphatic carbocycles. The van der Waals surface area contributed by atoms with Crippen molar-refractivity contribution in [1.29, 1.82) is 0 Å². The Morgan fingerprint density at radius 3 is 2.89 bits per heavy atom. The van der Waals surface area contributed by atoms with E-state index in [1.54, 1.807) is 6.33 Å². The molecule has 1 aromatic heterocycles. The highest BCUT2D eigenvalue weighted by molar-refractivity contribution is 6.21. The van der Waals surface area contributed by atoms with Gasteiger partial charge < -0.3 is 9.64 Å². The number of rotatable bonds is 5. The summed E-state index contributed by atoms with van der Waals surface area (Å²) in [7, 11) is 2.05. The summed E-state index contributed by atoms with van der Waals surface area (Å²) in [6, 6.07) is 2.25. The maximum atomic E-state index is 6.43. The second-order valence-corrected chi connectivity index (χ2v) is 5.60. The molecule has 1 saturated carbocycles. The summed E-state index contributed by atoms with van der Waals surface area (Å²) in [6.07, 6.45) is 7.21. The summed E-state index contributed by atoms with van der Waals surface area (Å²) in [5, 5.41) is 0.203. The minimum atomic E-state index is 0.203. The molecule has 1 aromatic rings. The van der Waals surface area contributed by atoms with Crippen LogP contribution in [-0.4, -0.2) is 35.0 Å². The zero-order valence-corrected chi connectivity index (χ0v) is 12.4. The van der Waals surface area contributed by atoms with Gasteiger partial charge in [-0.15, -0.1) is 11.6 Å². The zero-order chi connectivity index (χ0) is 13.7. The van der Waals surface area contributed by atoms with Gasteiger partial charge in [0.2, 0.25) is 5.88 Å². The van der Waals surface area contributed by atoms with Crippen molar-refractivity contribution in [3.63, 3.8) is 0 Å². The van der Waals surface area contributed by atoms with Gasteiger partial charge in [-0.25, -0.2) is 9.97 Å². The second-order valence-electron chi connectivity index (χ2n) is 5.04. The molecular weight excluding hydrogens is 262 g/mol. The van der Waals surface area contributed by atoms with Gasteiger partial charge in [-0.2, -0.15) is 0 Å². The van der Waals surface area contributed by atoms with Gasteiger partial charge in [-0.1, -0.05) is 19.8 Å². The number of halogens is 1. The average molecular weight is 284 g/mol. The third kappa shape index (κ3) is 3.72. The van der Waals surface area contributed by atoms with E-state index in [2.05, 4.69) is 28.8 Å². The molecule has 0 N–H and O–H groups in total. The number of nitrogens with zero attached hydrogens (tertiary/aromatic N) is 3. The van der Waals surface area contributed by atoms with E-state index in [1.165, 1.54) is 12.8 Å². The topological polar surface area (TPSA) is 38.2 Å².